The van der Waals surface area contributed by atoms with Gasteiger partial charge in [0.1, 0.15) is 11.9 Å². The second-order valence-corrected chi connectivity index (χ2v) is 10.6. The number of rotatable bonds is 4. The molecule has 2 aromatic heterocycles. The van der Waals surface area contributed by atoms with Crippen LogP contribution in [0.15, 0.2) is 17.5 Å². The predicted octanol–water partition coefficient (Wildman–Crippen LogP) is 1.29. The molecule has 4 rings (SSSR count). The lowest BCUT2D eigenvalue weighted by atomic mass is 10.1. The average Bonchev–Trinajstić information content (AvgIpc) is 3.32. The zero-order valence-corrected chi connectivity index (χ0v) is 16.7. The zero-order chi connectivity index (χ0) is 17.6. The summed E-state index contributed by atoms with van der Waals surface area (Å²) in [5, 5.41) is 6.86. The number of hydrogen-bond donors (Lipinski definition) is 1. The molecule has 0 aliphatic carbocycles. The molecule has 2 fully saturated rings. The van der Waals surface area contributed by atoms with Crippen LogP contribution >= 0.6 is 23.6 Å². The first-order chi connectivity index (χ1) is 11.9. The highest BCUT2D eigenvalue weighted by Gasteiger charge is 2.34. The van der Waals surface area contributed by atoms with Crippen LogP contribution in [0.2, 0.25) is 0 Å². The molecule has 0 radical (unpaired) electrons. The lowest BCUT2D eigenvalue weighted by Crippen LogP contribution is -3.09. The summed E-state index contributed by atoms with van der Waals surface area (Å²) in [6.45, 7) is 1.86. The predicted molar refractivity (Wildman–Crippen MR) is 100 cm³/mol. The van der Waals surface area contributed by atoms with Crippen LogP contribution in [0.25, 0.3) is 0 Å². The van der Waals surface area contributed by atoms with Gasteiger partial charge in [-0.15, -0.1) is 11.3 Å². The number of thiophene rings is 1. The third kappa shape index (κ3) is 3.34. The van der Waals surface area contributed by atoms with Gasteiger partial charge in [-0.1, -0.05) is 6.07 Å². The Labute approximate surface area is 157 Å². The van der Waals surface area contributed by atoms with Gasteiger partial charge in [-0.2, -0.15) is 9.78 Å². The van der Waals surface area contributed by atoms with E-state index >= 15 is 0 Å². The lowest BCUT2D eigenvalue weighted by Gasteiger charge is -2.20. The van der Waals surface area contributed by atoms with Gasteiger partial charge in [-0.25, -0.2) is 8.42 Å². The second-order valence-electron chi connectivity index (χ2n) is 7.08. The van der Waals surface area contributed by atoms with E-state index in [1.807, 2.05) is 27.6 Å². The molecule has 0 spiro atoms. The van der Waals surface area contributed by atoms with E-state index < -0.39 is 9.84 Å². The summed E-state index contributed by atoms with van der Waals surface area (Å²) < 4.78 is 28.1. The van der Waals surface area contributed by atoms with E-state index in [1.165, 1.54) is 22.6 Å². The third-order valence-electron chi connectivity index (χ3n) is 5.40. The molecule has 0 bridgehead atoms. The van der Waals surface area contributed by atoms with Gasteiger partial charge >= 0.3 is 0 Å². The summed E-state index contributed by atoms with van der Waals surface area (Å²) in [7, 11) is -1.02. The Morgan fingerprint density at radius 3 is 2.96 bits per heavy atom. The number of quaternary nitrogens is 1. The molecular formula is C16H23N4O2S3+. The van der Waals surface area contributed by atoms with Crippen molar-refractivity contribution >= 4 is 33.4 Å². The van der Waals surface area contributed by atoms with Crippen molar-refractivity contribution in [3.63, 3.8) is 0 Å². The first kappa shape index (κ1) is 17.4. The molecule has 3 atom stereocenters. The molecule has 1 N–H and O–H groups in total. The van der Waals surface area contributed by atoms with Crippen molar-refractivity contribution in [2.24, 2.45) is 7.05 Å². The SMILES string of the molecule is Cn1c([C@@H]2CCS(=O)(=O)C2)nn(C[NH+]2CCC[C@@H]2c2cccs2)c1=S. The number of nitrogens with zero attached hydrogens (tertiary/aromatic N) is 3. The van der Waals surface area contributed by atoms with Crippen LogP contribution in [0.4, 0.5) is 0 Å². The van der Waals surface area contributed by atoms with E-state index in [1.54, 1.807) is 0 Å². The van der Waals surface area contributed by atoms with Crippen LogP contribution in [0.3, 0.4) is 0 Å². The third-order valence-corrected chi connectivity index (χ3v) is 8.63. The highest BCUT2D eigenvalue weighted by Crippen LogP contribution is 2.28. The summed E-state index contributed by atoms with van der Waals surface area (Å²) in [6.07, 6.45) is 3.06. The molecule has 9 heteroatoms. The van der Waals surface area contributed by atoms with Crippen molar-refractivity contribution in [2.75, 3.05) is 18.1 Å². The maximum atomic E-state index is 11.8. The second kappa shape index (κ2) is 6.61. The van der Waals surface area contributed by atoms with Crippen LogP contribution in [0.1, 0.15) is 41.9 Å². The molecule has 0 saturated carbocycles. The fourth-order valence-corrected chi connectivity index (χ4v) is 6.95. The van der Waals surface area contributed by atoms with Gasteiger partial charge in [-0.05, 0) is 30.1 Å². The Morgan fingerprint density at radius 2 is 2.28 bits per heavy atom. The van der Waals surface area contributed by atoms with Gasteiger partial charge in [0.2, 0.25) is 4.77 Å². The minimum Gasteiger partial charge on any atom is -0.309 e. The Morgan fingerprint density at radius 1 is 1.44 bits per heavy atom. The molecule has 0 aromatic carbocycles. The van der Waals surface area contributed by atoms with E-state index in [2.05, 4.69) is 17.5 Å². The number of likely N-dealkylation sites (tertiary alicyclic amines) is 1. The number of sulfone groups is 1. The first-order valence-corrected chi connectivity index (χ1v) is 11.8. The van der Waals surface area contributed by atoms with Crippen molar-refractivity contribution in [2.45, 2.75) is 37.9 Å². The smallest absolute Gasteiger partial charge is 0.202 e. The summed E-state index contributed by atoms with van der Waals surface area (Å²) in [6, 6.07) is 4.84. The van der Waals surface area contributed by atoms with Gasteiger partial charge in [-0.3, -0.25) is 0 Å². The topological polar surface area (TPSA) is 61.3 Å². The average molecular weight is 400 g/mol. The maximum Gasteiger partial charge on any atom is 0.202 e. The summed E-state index contributed by atoms with van der Waals surface area (Å²) in [5.41, 5.74) is 0. The largest absolute Gasteiger partial charge is 0.309 e. The van der Waals surface area contributed by atoms with Gasteiger partial charge < -0.3 is 9.47 Å². The fraction of sp³-hybridized carbons (Fsp3) is 0.625. The van der Waals surface area contributed by atoms with E-state index in [0.29, 0.717) is 17.2 Å². The van der Waals surface area contributed by atoms with Gasteiger partial charge in [0.25, 0.3) is 0 Å². The van der Waals surface area contributed by atoms with Crippen LogP contribution in [0.5, 0.6) is 0 Å². The standard InChI is InChI=1S/C16H22N4O2S3/c1-18-15(12-6-9-25(21,22)10-12)17-20(16(18)23)11-19-7-2-4-13(19)14-5-3-8-24-14/h3,5,8,12-13H,2,4,6-7,9-11H2,1H3/p+1/t12-,13-/m1/s1. The van der Waals surface area contributed by atoms with E-state index in [-0.39, 0.29) is 17.4 Å². The molecule has 2 saturated heterocycles. The lowest BCUT2D eigenvalue weighted by molar-refractivity contribution is -0.941. The molecule has 25 heavy (non-hydrogen) atoms. The molecule has 0 amide bonds. The van der Waals surface area contributed by atoms with Crippen molar-refractivity contribution < 1.29 is 13.3 Å². The molecule has 2 aromatic rings. The molecule has 4 heterocycles. The van der Waals surface area contributed by atoms with Crippen molar-refractivity contribution in [1.29, 1.82) is 0 Å². The van der Waals surface area contributed by atoms with Crippen LogP contribution < -0.4 is 4.90 Å². The van der Waals surface area contributed by atoms with Gasteiger partial charge in [0.15, 0.2) is 16.5 Å². The quantitative estimate of drug-likeness (QED) is 0.787. The summed E-state index contributed by atoms with van der Waals surface area (Å²) in [4.78, 5) is 2.92. The molecular weight excluding hydrogens is 376 g/mol. The molecule has 2 aliphatic rings. The Bertz CT molecular complexity index is 914. The Balaban J connectivity index is 1.57. The Kier molecular flexibility index (Phi) is 4.59. The summed E-state index contributed by atoms with van der Waals surface area (Å²) >= 11 is 7.40. The molecule has 6 nitrogen and oxygen atoms in total. The minimum atomic E-state index is -2.93. The van der Waals surface area contributed by atoms with E-state index in [0.717, 1.165) is 19.0 Å². The van der Waals surface area contributed by atoms with Crippen LogP contribution in [0, 0.1) is 4.77 Å². The number of aromatic nitrogens is 3. The highest BCUT2D eigenvalue weighted by atomic mass is 32.2. The zero-order valence-electron chi connectivity index (χ0n) is 14.2. The number of hydrogen-bond acceptors (Lipinski definition) is 5. The summed E-state index contributed by atoms with van der Waals surface area (Å²) in [5.74, 6) is 1.24. The molecule has 136 valence electrons. The number of nitrogens with one attached hydrogen (secondary N) is 1. The normalized spacial score (nSPS) is 28.6. The molecule has 2 aliphatic heterocycles. The van der Waals surface area contributed by atoms with Gasteiger partial charge in [0, 0.05) is 25.8 Å². The maximum absolute atomic E-state index is 11.8. The molecule has 1 unspecified atom stereocenters. The van der Waals surface area contributed by atoms with Crippen molar-refractivity contribution in [1.82, 2.24) is 14.3 Å². The highest BCUT2D eigenvalue weighted by molar-refractivity contribution is 7.91. The Hall–Kier alpha value is -1.03. The van der Waals surface area contributed by atoms with E-state index in [4.69, 9.17) is 17.3 Å². The minimum absolute atomic E-state index is 0.0281. The fourth-order valence-electron chi connectivity index (χ4n) is 4.09. The van der Waals surface area contributed by atoms with E-state index in [9.17, 15) is 8.42 Å². The van der Waals surface area contributed by atoms with Crippen molar-refractivity contribution in [3.8, 4) is 0 Å². The van der Waals surface area contributed by atoms with Crippen molar-refractivity contribution in [3.05, 3.63) is 33.0 Å². The van der Waals surface area contributed by atoms with Crippen LogP contribution in [-0.2, 0) is 23.6 Å². The van der Waals surface area contributed by atoms with Gasteiger partial charge in [0.05, 0.1) is 22.9 Å². The monoisotopic (exact) mass is 399 g/mol. The van der Waals surface area contributed by atoms with Crippen LogP contribution in [-0.4, -0.2) is 40.8 Å². The first-order valence-electron chi connectivity index (χ1n) is 8.67.